The SMILES string of the molecule is COc1ccc2c(c1OC)[C@@]1(C)OCN3CCc4cc5c(cc4[C@@]31C2=O)OCO5. The van der Waals surface area contributed by atoms with Crippen LogP contribution in [0.1, 0.15) is 34.0 Å². The van der Waals surface area contributed by atoms with Gasteiger partial charge < -0.3 is 23.7 Å². The molecule has 0 aromatic heterocycles. The number of benzene rings is 2. The molecule has 0 bridgehead atoms. The first kappa shape index (κ1) is 17.1. The zero-order chi connectivity index (χ0) is 20.0. The first-order valence-corrected chi connectivity index (χ1v) is 9.68. The number of fused-ring (bicyclic) bond motifs is 4. The molecule has 150 valence electrons. The van der Waals surface area contributed by atoms with E-state index in [0.29, 0.717) is 29.5 Å². The van der Waals surface area contributed by atoms with E-state index < -0.39 is 11.1 Å². The molecule has 0 radical (unpaired) electrons. The average Bonchev–Trinajstić information content (AvgIpc) is 3.37. The zero-order valence-corrected chi connectivity index (χ0v) is 16.5. The minimum absolute atomic E-state index is 0.0215. The fraction of sp³-hybridized carbons (Fsp3) is 0.409. The molecule has 0 unspecified atom stereocenters. The summed E-state index contributed by atoms with van der Waals surface area (Å²) in [4.78, 5) is 16.2. The Hall–Kier alpha value is -2.77. The van der Waals surface area contributed by atoms with Gasteiger partial charge in [-0.1, -0.05) is 0 Å². The molecule has 1 saturated heterocycles. The molecule has 1 aliphatic carbocycles. The second-order valence-corrected chi connectivity index (χ2v) is 7.95. The van der Waals surface area contributed by atoms with Crippen molar-refractivity contribution in [1.29, 1.82) is 0 Å². The maximum Gasteiger partial charge on any atom is 0.231 e. The van der Waals surface area contributed by atoms with Crippen LogP contribution in [-0.4, -0.2) is 45.0 Å². The molecule has 0 amide bonds. The van der Waals surface area contributed by atoms with Crippen molar-refractivity contribution in [3.8, 4) is 23.0 Å². The third kappa shape index (κ3) is 1.75. The highest BCUT2D eigenvalue weighted by Crippen LogP contribution is 2.64. The van der Waals surface area contributed by atoms with E-state index >= 15 is 0 Å². The fourth-order valence-corrected chi connectivity index (χ4v) is 5.67. The molecule has 0 N–H and O–H groups in total. The van der Waals surface area contributed by atoms with Gasteiger partial charge in [0, 0.05) is 17.7 Å². The van der Waals surface area contributed by atoms with Gasteiger partial charge in [-0.2, -0.15) is 0 Å². The monoisotopic (exact) mass is 395 g/mol. The standard InChI is InChI=1S/C22H21NO6/c1-21-18-13(4-5-15(25-2)19(18)26-3)20(24)22(21)14-9-17-16(27-11-28-17)8-12(14)6-7-23(22)10-29-21/h4-5,8-9H,6-7,10-11H2,1-3H3/t21-,22+/m1/s1. The molecule has 3 heterocycles. The molecule has 2 aromatic carbocycles. The Kier molecular flexibility index (Phi) is 3.21. The van der Waals surface area contributed by atoms with Crippen molar-refractivity contribution in [2.45, 2.75) is 24.5 Å². The number of methoxy groups -OCH3 is 2. The summed E-state index contributed by atoms with van der Waals surface area (Å²) in [5, 5.41) is 0. The number of carbonyl (C=O) groups is 1. The maximum absolute atomic E-state index is 14.1. The molecule has 7 nitrogen and oxygen atoms in total. The molecular weight excluding hydrogens is 374 g/mol. The van der Waals surface area contributed by atoms with Gasteiger partial charge in [0.25, 0.3) is 0 Å². The van der Waals surface area contributed by atoms with Gasteiger partial charge in [-0.25, -0.2) is 0 Å². The third-order valence-electron chi connectivity index (χ3n) is 6.91. The number of ketones is 1. The highest BCUT2D eigenvalue weighted by molar-refractivity contribution is 6.11. The maximum atomic E-state index is 14.1. The van der Waals surface area contributed by atoms with Crippen LogP contribution in [0.2, 0.25) is 0 Å². The molecule has 0 saturated carbocycles. The van der Waals surface area contributed by atoms with Crippen LogP contribution < -0.4 is 18.9 Å². The number of hydrogen-bond donors (Lipinski definition) is 0. The molecule has 2 atom stereocenters. The number of Topliss-reactive ketones (excluding diaryl/α,β-unsaturated/α-hetero) is 1. The van der Waals surface area contributed by atoms with Gasteiger partial charge in [-0.15, -0.1) is 0 Å². The Labute approximate surface area is 168 Å². The largest absolute Gasteiger partial charge is 0.493 e. The van der Waals surface area contributed by atoms with Crippen molar-refractivity contribution in [3.05, 3.63) is 46.5 Å². The minimum atomic E-state index is -0.969. The first-order chi connectivity index (χ1) is 14.1. The summed E-state index contributed by atoms with van der Waals surface area (Å²) in [7, 11) is 3.19. The fourth-order valence-electron chi connectivity index (χ4n) is 5.67. The van der Waals surface area contributed by atoms with Crippen LogP contribution in [0, 0.1) is 0 Å². The van der Waals surface area contributed by atoms with Crippen LogP contribution in [0.5, 0.6) is 23.0 Å². The zero-order valence-electron chi connectivity index (χ0n) is 16.5. The lowest BCUT2D eigenvalue weighted by Crippen LogP contribution is -2.57. The molecular formula is C22H21NO6. The van der Waals surface area contributed by atoms with E-state index in [9.17, 15) is 4.79 Å². The van der Waals surface area contributed by atoms with Crippen LogP contribution in [0.15, 0.2) is 24.3 Å². The summed E-state index contributed by atoms with van der Waals surface area (Å²) >= 11 is 0. The quantitative estimate of drug-likeness (QED) is 0.774. The third-order valence-corrected chi connectivity index (χ3v) is 6.91. The average molecular weight is 395 g/mol. The smallest absolute Gasteiger partial charge is 0.231 e. The van der Waals surface area contributed by atoms with Gasteiger partial charge >= 0.3 is 0 Å². The molecule has 3 aliphatic heterocycles. The summed E-state index contributed by atoms with van der Waals surface area (Å²) in [5.74, 6) is 2.56. The van der Waals surface area contributed by atoms with E-state index in [4.69, 9.17) is 23.7 Å². The summed E-state index contributed by atoms with van der Waals surface area (Å²) in [6, 6.07) is 7.57. The van der Waals surface area contributed by atoms with E-state index in [0.717, 1.165) is 35.4 Å². The van der Waals surface area contributed by atoms with E-state index in [1.165, 1.54) is 0 Å². The lowest BCUT2D eigenvalue weighted by Gasteiger charge is -2.44. The topological polar surface area (TPSA) is 66.5 Å². The number of carbonyl (C=O) groups excluding carboxylic acids is 1. The minimum Gasteiger partial charge on any atom is -0.493 e. The Morgan fingerprint density at radius 3 is 2.66 bits per heavy atom. The number of ether oxygens (including phenoxy) is 5. The van der Waals surface area contributed by atoms with Gasteiger partial charge in [0.2, 0.25) is 6.79 Å². The predicted octanol–water partition coefficient (Wildman–Crippen LogP) is 2.59. The van der Waals surface area contributed by atoms with E-state index in [1.807, 2.05) is 25.1 Å². The van der Waals surface area contributed by atoms with Crippen molar-refractivity contribution in [2.24, 2.45) is 0 Å². The van der Waals surface area contributed by atoms with Crippen LogP contribution in [0.25, 0.3) is 0 Å². The first-order valence-electron chi connectivity index (χ1n) is 9.68. The van der Waals surface area contributed by atoms with Gasteiger partial charge in [0.15, 0.2) is 28.8 Å². The molecule has 7 heteroatoms. The Morgan fingerprint density at radius 2 is 1.90 bits per heavy atom. The Balaban J connectivity index is 1.68. The van der Waals surface area contributed by atoms with Crippen molar-refractivity contribution in [1.82, 2.24) is 4.90 Å². The molecule has 4 aliphatic rings. The van der Waals surface area contributed by atoms with Crippen LogP contribution in [0.3, 0.4) is 0 Å². The predicted molar refractivity (Wildman–Crippen MR) is 102 cm³/mol. The highest BCUT2D eigenvalue weighted by Gasteiger charge is 2.72. The van der Waals surface area contributed by atoms with Gasteiger partial charge in [0.05, 0.1) is 14.2 Å². The highest BCUT2D eigenvalue weighted by atomic mass is 16.7. The molecule has 6 rings (SSSR count). The van der Waals surface area contributed by atoms with Crippen LogP contribution >= 0.6 is 0 Å². The molecule has 2 aromatic rings. The summed E-state index contributed by atoms with van der Waals surface area (Å²) < 4.78 is 28.9. The molecule has 29 heavy (non-hydrogen) atoms. The number of rotatable bonds is 2. The normalized spacial score (nSPS) is 28.6. The van der Waals surface area contributed by atoms with E-state index in [1.54, 1.807) is 20.3 Å². The van der Waals surface area contributed by atoms with Crippen molar-refractivity contribution < 1.29 is 28.5 Å². The molecule has 1 fully saturated rings. The Morgan fingerprint density at radius 1 is 1.10 bits per heavy atom. The summed E-state index contributed by atoms with van der Waals surface area (Å²) in [6.07, 6.45) is 0.817. The second kappa shape index (κ2) is 5.43. The van der Waals surface area contributed by atoms with Gasteiger partial charge in [0.1, 0.15) is 17.9 Å². The molecule has 1 spiro atoms. The number of nitrogens with zero attached hydrogens (tertiary/aromatic N) is 1. The van der Waals surface area contributed by atoms with Crippen molar-refractivity contribution in [3.63, 3.8) is 0 Å². The van der Waals surface area contributed by atoms with E-state index in [2.05, 4.69) is 4.90 Å². The van der Waals surface area contributed by atoms with Crippen LogP contribution in [-0.2, 0) is 22.3 Å². The van der Waals surface area contributed by atoms with Crippen molar-refractivity contribution in [2.75, 3.05) is 34.3 Å². The van der Waals surface area contributed by atoms with Crippen LogP contribution in [0.4, 0.5) is 0 Å². The number of hydrogen-bond acceptors (Lipinski definition) is 7. The lowest BCUT2D eigenvalue weighted by atomic mass is 9.70. The lowest BCUT2D eigenvalue weighted by molar-refractivity contribution is -0.0122. The summed E-state index contributed by atoms with van der Waals surface area (Å²) in [5.41, 5.74) is 1.49. The Bertz CT molecular complexity index is 1080. The van der Waals surface area contributed by atoms with Crippen molar-refractivity contribution >= 4 is 5.78 Å². The van der Waals surface area contributed by atoms with Gasteiger partial charge in [-0.05, 0) is 48.7 Å². The van der Waals surface area contributed by atoms with E-state index in [-0.39, 0.29) is 12.6 Å². The van der Waals surface area contributed by atoms with Gasteiger partial charge in [-0.3, -0.25) is 9.69 Å². The summed E-state index contributed by atoms with van der Waals surface area (Å²) in [6.45, 7) is 3.28. The second-order valence-electron chi connectivity index (χ2n) is 7.95.